The van der Waals surface area contributed by atoms with E-state index in [1.165, 1.54) is 55.2 Å². The van der Waals surface area contributed by atoms with E-state index in [-0.39, 0.29) is 23.5 Å². The zero-order valence-electron chi connectivity index (χ0n) is 23.5. The van der Waals surface area contributed by atoms with Crippen LogP contribution in [0.5, 0.6) is 11.5 Å². The van der Waals surface area contributed by atoms with Gasteiger partial charge in [0.25, 0.3) is 5.56 Å². The molecule has 4 aromatic carbocycles. The minimum atomic E-state index is -0.490. The first-order valence-corrected chi connectivity index (χ1v) is 13.4. The van der Waals surface area contributed by atoms with Crippen LogP contribution in [0.4, 0.5) is 15.9 Å². The van der Waals surface area contributed by atoms with E-state index in [9.17, 15) is 18.8 Å². The Labute approximate surface area is 247 Å². The number of anilines is 2. The van der Waals surface area contributed by atoms with E-state index in [4.69, 9.17) is 9.47 Å². The average molecular weight is 578 g/mol. The predicted molar refractivity (Wildman–Crippen MR) is 164 cm³/mol. The van der Waals surface area contributed by atoms with Gasteiger partial charge in [0.05, 0.1) is 32.0 Å². The van der Waals surface area contributed by atoms with Crippen LogP contribution in [0.25, 0.3) is 16.8 Å². The van der Waals surface area contributed by atoms with Gasteiger partial charge in [-0.1, -0.05) is 42.5 Å². The standard InChI is InChI=1S/C34H28FN3O5/c1-42-27-15-17-29(30(20-27)43-2)38-32(40)18-16-28(33(41)23-11-13-25(35)14-12-23)34(38)36-21-31(39)37-26-10-6-9-24(19-26)22-7-4-3-5-8-22/h3-20,36H,21H2,1-2H3,(H,37,39). The van der Waals surface area contributed by atoms with E-state index in [0.717, 1.165) is 11.1 Å². The SMILES string of the molecule is COc1ccc(-n2c(NCC(=O)Nc3cccc(-c4ccccc4)c3)c(C(=O)c3ccc(F)cc3)ccc2=O)c(OC)c1. The Bertz CT molecular complexity index is 1840. The van der Waals surface area contributed by atoms with E-state index < -0.39 is 23.1 Å². The van der Waals surface area contributed by atoms with Gasteiger partial charge in [0.15, 0.2) is 5.78 Å². The van der Waals surface area contributed by atoms with Gasteiger partial charge in [0.1, 0.15) is 23.1 Å². The molecular formula is C34H28FN3O5. The first-order valence-electron chi connectivity index (χ1n) is 13.4. The van der Waals surface area contributed by atoms with Gasteiger partial charge in [-0.05, 0) is 65.7 Å². The molecule has 0 saturated heterocycles. The van der Waals surface area contributed by atoms with Gasteiger partial charge in [-0.15, -0.1) is 0 Å². The Morgan fingerprint density at radius 3 is 2.26 bits per heavy atom. The molecule has 0 fully saturated rings. The van der Waals surface area contributed by atoms with Crippen LogP contribution >= 0.6 is 0 Å². The number of rotatable bonds is 10. The van der Waals surface area contributed by atoms with Crippen molar-refractivity contribution in [3.63, 3.8) is 0 Å². The molecule has 216 valence electrons. The number of benzene rings is 4. The number of nitrogens with one attached hydrogen (secondary N) is 2. The maximum atomic E-state index is 13.6. The second-order valence-corrected chi connectivity index (χ2v) is 9.49. The third kappa shape index (κ3) is 6.46. The summed E-state index contributed by atoms with van der Waals surface area (Å²) in [4.78, 5) is 40.0. The molecule has 1 heterocycles. The zero-order valence-corrected chi connectivity index (χ0v) is 23.5. The van der Waals surface area contributed by atoms with Crippen molar-refractivity contribution in [2.75, 3.05) is 31.4 Å². The molecule has 2 N–H and O–H groups in total. The number of halogens is 1. The summed E-state index contributed by atoms with van der Waals surface area (Å²) in [6, 6.07) is 29.8. The lowest BCUT2D eigenvalue weighted by Gasteiger charge is -2.20. The molecular weight excluding hydrogens is 549 g/mol. The Kier molecular flexibility index (Phi) is 8.62. The molecule has 5 rings (SSSR count). The zero-order chi connectivity index (χ0) is 30.3. The molecule has 1 amide bonds. The van der Waals surface area contributed by atoms with Gasteiger partial charge in [0.2, 0.25) is 5.91 Å². The molecule has 0 atom stereocenters. The van der Waals surface area contributed by atoms with E-state index in [1.807, 2.05) is 48.5 Å². The van der Waals surface area contributed by atoms with Gasteiger partial charge in [0, 0.05) is 23.4 Å². The highest BCUT2D eigenvalue weighted by molar-refractivity contribution is 6.12. The van der Waals surface area contributed by atoms with Crippen molar-refractivity contribution < 1.29 is 23.5 Å². The Balaban J connectivity index is 1.50. The van der Waals surface area contributed by atoms with Gasteiger partial charge in [-0.3, -0.25) is 19.0 Å². The maximum absolute atomic E-state index is 13.6. The van der Waals surface area contributed by atoms with E-state index in [2.05, 4.69) is 10.6 Å². The third-order valence-electron chi connectivity index (χ3n) is 6.74. The van der Waals surface area contributed by atoms with Crippen molar-refractivity contribution in [1.82, 2.24) is 4.57 Å². The van der Waals surface area contributed by atoms with Gasteiger partial charge in [-0.2, -0.15) is 0 Å². The molecule has 43 heavy (non-hydrogen) atoms. The van der Waals surface area contributed by atoms with Crippen LogP contribution in [-0.4, -0.2) is 37.0 Å². The number of aromatic nitrogens is 1. The number of methoxy groups -OCH3 is 2. The molecule has 1 aromatic heterocycles. The molecule has 0 aliphatic carbocycles. The molecule has 0 aliphatic heterocycles. The van der Waals surface area contributed by atoms with Crippen LogP contribution < -0.4 is 25.7 Å². The summed E-state index contributed by atoms with van der Waals surface area (Å²) in [5.41, 5.74) is 2.67. The number of carbonyl (C=O) groups excluding carboxylic acids is 2. The molecule has 9 heteroatoms. The second kappa shape index (κ2) is 12.9. The summed E-state index contributed by atoms with van der Waals surface area (Å²) in [7, 11) is 2.95. The number of hydrogen-bond acceptors (Lipinski definition) is 6. The fourth-order valence-corrected chi connectivity index (χ4v) is 4.64. The van der Waals surface area contributed by atoms with Crippen molar-refractivity contribution in [3.05, 3.63) is 136 Å². The molecule has 0 aliphatic rings. The number of pyridine rings is 1. The molecule has 0 unspecified atom stereocenters. The van der Waals surface area contributed by atoms with Crippen molar-refractivity contribution in [2.24, 2.45) is 0 Å². The van der Waals surface area contributed by atoms with Gasteiger partial charge < -0.3 is 20.1 Å². The lowest BCUT2D eigenvalue weighted by molar-refractivity contribution is -0.114. The second-order valence-electron chi connectivity index (χ2n) is 9.49. The highest BCUT2D eigenvalue weighted by Gasteiger charge is 2.22. The first-order chi connectivity index (χ1) is 20.9. The minimum Gasteiger partial charge on any atom is -0.497 e. The predicted octanol–water partition coefficient (Wildman–Crippen LogP) is 5.94. The fraction of sp³-hybridized carbons (Fsp3) is 0.0882. The number of hydrogen-bond donors (Lipinski definition) is 2. The number of ether oxygens (including phenoxy) is 2. The number of amides is 1. The molecule has 0 spiro atoms. The summed E-state index contributed by atoms with van der Waals surface area (Å²) in [5.74, 6) is -0.499. The third-order valence-corrected chi connectivity index (χ3v) is 6.74. The van der Waals surface area contributed by atoms with Gasteiger partial charge >= 0.3 is 0 Å². The normalized spacial score (nSPS) is 10.6. The summed E-state index contributed by atoms with van der Waals surface area (Å²) < 4.78 is 25.7. The van der Waals surface area contributed by atoms with Crippen molar-refractivity contribution in [2.45, 2.75) is 0 Å². The lowest BCUT2D eigenvalue weighted by Crippen LogP contribution is -2.29. The summed E-state index contributed by atoms with van der Waals surface area (Å²) in [6.45, 7) is -0.277. The Hall–Kier alpha value is -5.70. The number of nitrogens with zero attached hydrogens (tertiary/aromatic N) is 1. The van der Waals surface area contributed by atoms with Crippen molar-refractivity contribution >= 4 is 23.2 Å². The van der Waals surface area contributed by atoms with Crippen LogP contribution in [0.15, 0.2) is 114 Å². The Morgan fingerprint density at radius 1 is 0.791 bits per heavy atom. The van der Waals surface area contributed by atoms with Crippen LogP contribution in [0.2, 0.25) is 0 Å². The van der Waals surface area contributed by atoms with Gasteiger partial charge in [-0.25, -0.2) is 4.39 Å². The topological polar surface area (TPSA) is 98.7 Å². The molecule has 8 nitrogen and oxygen atoms in total. The first kappa shape index (κ1) is 28.8. The van der Waals surface area contributed by atoms with E-state index >= 15 is 0 Å². The minimum absolute atomic E-state index is 0.0680. The molecule has 5 aromatic rings. The smallest absolute Gasteiger partial charge is 0.256 e. The fourth-order valence-electron chi connectivity index (χ4n) is 4.64. The quantitative estimate of drug-likeness (QED) is 0.199. The van der Waals surface area contributed by atoms with Crippen LogP contribution in [-0.2, 0) is 4.79 Å². The monoisotopic (exact) mass is 577 g/mol. The Morgan fingerprint density at radius 2 is 1.53 bits per heavy atom. The van der Waals surface area contributed by atoms with E-state index in [1.54, 1.807) is 24.3 Å². The summed E-state index contributed by atoms with van der Waals surface area (Å²) >= 11 is 0. The van der Waals surface area contributed by atoms with E-state index in [0.29, 0.717) is 22.9 Å². The number of carbonyl (C=O) groups is 2. The molecule has 0 saturated carbocycles. The molecule has 0 radical (unpaired) electrons. The van der Waals surface area contributed by atoms with Crippen LogP contribution in [0.1, 0.15) is 15.9 Å². The highest BCUT2D eigenvalue weighted by atomic mass is 19.1. The highest BCUT2D eigenvalue weighted by Crippen LogP contribution is 2.31. The average Bonchev–Trinajstić information content (AvgIpc) is 3.04. The molecule has 0 bridgehead atoms. The van der Waals surface area contributed by atoms with Crippen molar-refractivity contribution in [3.8, 4) is 28.3 Å². The van der Waals surface area contributed by atoms with Crippen LogP contribution in [0.3, 0.4) is 0 Å². The summed E-state index contributed by atoms with van der Waals surface area (Å²) in [5, 5.41) is 5.86. The summed E-state index contributed by atoms with van der Waals surface area (Å²) in [6.07, 6.45) is 0. The number of ketones is 1. The largest absolute Gasteiger partial charge is 0.497 e. The van der Waals surface area contributed by atoms with Crippen LogP contribution in [0, 0.1) is 5.82 Å². The lowest BCUT2D eigenvalue weighted by atomic mass is 10.0. The maximum Gasteiger partial charge on any atom is 0.256 e. The van der Waals surface area contributed by atoms with Crippen molar-refractivity contribution in [1.29, 1.82) is 0 Å².